The molecule has 8 heteroatoms. The van der Waals surface area contributed by atoms with Crippen LogP contribution in [0.3, 0.4) is 0 Å². The molecule has 5 aliphatic rings. The molecule has 2 aromatic rings. The van der Waals surface area contributed by atoms with Crippen molar-refractivity contribution in [2.75, 3.05) is 35.5 Å². The third-order valence-corrected chi connectivity index (χ3v) is 10.5. The maximum Gasteiger partial charge on any atom is 0.255 e. The Labute approximate surface area is 225 Å². The molecule has 4 aliphatic carbocycles. The highest BCUT2D eigenvalue weighted by atomic mass is 32.2. The van der Waals surface area contributed by atoms with Crippen LogP contribution in [0.25, 0.3) is 0 Å². The van der Waals surface area contributed by atoms with Gasteiger partial charge in [-0.1, -0.05) is 24.3 Å². The Morgan fingerprint density at radius 1 is 0.921 bits per heavy atom. The van der Waals surface area contributed by atoms with Gasteiger partial charge in [-0.25, -0.2) is 8.42 Å². The molecule has 1 heterocycles. The molecule has 0 unspecified atom stereocenters. The van der Waals surface area contributed by atoms with Crippen LogP contribution in [-0.4, -0.2) is 51.0 Å². The molecule has 0 atom stereocenters. The first-order chi connectivity index (χ1) is 18.2. The van der Waals surface area contributed by atoms with Gasteiger partial charge in [0.05, 0.1) is 23.2 Å². The van der Waals surface area contributed by atoms with E-state index in [4.69, 9.17) is 0 Å². The van der Waals surface area contributed by atoms with E-state index in [2.05, 4.69) is 17.4 Å². The number of sulfonamides is 1. The quantitative estimate of drug-likeness (QED) is 0.552. The van der Waals surface area contributed by atoms with Crippen molar-refractivity contribution < 1.29 is 18.0 Å². The van der Waals surface area contributed by atoms with Crippen LogP contribution >= 0.6 is 0 Å². The third kappa shape index (κ3) is 4.83. The fourth-order valence-corrected chi connectivity index (χ4v) is 8.89. The number of rotatable bonds is 7. The van der Waals surface area contributed by atoms with Gasteiger partial charge >= 0.3 is 0 Å². The summed E-state index contributed by atoms with van der Waals surface area (Å²) in [6.45, 7) is 1.06. The zero-order chi connectivity index (χ0) is 26.5. The molecule has 2 amide bonds. The van der Waals surface area contributed by atoms with Crippen molar-refractivity contribution in [3.05, 3.63) is 59.7 Å². The monoisotopic (exact) mass is 535 g/mol. The van der Waals surface area contributed by atoms with Gasteiger partial charge in [0.1, 0.15) is 6.54 Å². The smallest absolute Gasteiger partial charge is 0.255 e. The van der Waals surface area contributed by atoms with Crippen molar-refractivity contribution in [3.63, 3.8) is 0 Å². The van der Waals surface area contributed by atoms with Crippen molar-refractivity contribution in [2.24, 2.45) is 17.8 Å². The largest absolute Gasteiger partial charge is 0.339 e. The minimum atomic E-state index is -3.71. The Kier molecular flexibility index (Phi) is 6.49. The molecule has 0 spiro atoms. The van der Waals surface area contributed by atoms with Crippen molar-refractivity contribution in [3.8, 4) is 0 Å². The zero-order valence-corrected chi connectivity index (χ0v) is 22.9. The summed E-state index contributed by atoms with van der Waals surface area (Å²) < 4.78 is 26.7. The Hall–Kier alpha value is -2.87. The summed E-state index contributed by atoms with van der Waals surface area (Å²) in [7, 11) is -3.71. The standard InChI is InChI=1S/C30H37N3O4S/c1-38(36,37)33(20-28(34)31-27-7-3-2-6-26(27)29(35)32-12-4-5-13-32)25-10-8-24(9-11-25)30-17-21-14-22(18-30)16-23(15-21)19-30/h2-3,6-11,21-23H,4-5,12-20H2,1H3,(H,31,34). The Morgan fingerprint density at radius 2 is 1.50 bits per heavy atom. The molecule has 1 N–H and O–H groups in total. The number of carbonyl (C=O) groups is 2. The number of likely N-dealkylation sites (tertiary alicyclic amines) is 1. The van der Waals surface area contributed by atoms with E-state index in [1.807, 2.05) is 12.1 Å². The molecular weight excluding hydrogens is 498 g/mol. The molecule has 38 heavy (non-hydrogen) atoms. The average Bonchev–Trinajstić information content (AvgIpc) is 3.41. The second kappa shape index (κ2) is 9.70. The molecule has 2 aromatic carbocycles. The number of hydrogen-bond donors (Lipinski definition) is 1. The lowest BCUT2D eigenvalue weighted by molar-refractivity contribution is -0.114. The van der Waals surface area contributed by atoms with Gasteiger partial charge in [-0.2, -0.15) is 0 Å². The van der Waals surface area contributed by atoms with Gasteiger partial charge in [0.15, 0.2) is 0 Å². The number of nitrogens with zero attached hydrogens (tertiary/aromatic N) is 2. The normalized spacial score (nSPS) is 27.9. The number of amides is 2. The summed E-state index contributed by atoms with van der Waals surface area (Å²) in [6, 6.07) is 14.8. The number of carbonyl (C=O) groups excluding carboxylic acids is 2. The fraction of sp³-hybridized carbons (Fsp3) is 0.533. The number of para-hydroxylation sites is 1. The van der Waals surface area contributed by atoms with E-state index in [-0.39, 0.29) is 17.9 Å². The molecule has 0 aromatic heterocycles. The Balaban J connectivity index is 1.19. The number of nitrogens with one attached hydrogen (secondary N) is 1. The summed E-state index contributed by atoms with van der Waals surface area (Å²) >= 11 is 0. The molecule has 1 aliphatic heterocycles. The molecular formula is C30H37N3O4S. The summed E-state index contributed by atoms with van der Waals surface area (Å²) in [5.41, 5.74) is 2.85. The molecule has 5 fully saturated rings. The summed E-state index contributed by atoms with van der Waals surface area (Å²) in [4.78, 5) is 27.9. The van der Waals surface area contributed by atoms with Crippen molar-refractivity contribution >= 4 is 33.2 Å². The van der Waals surface area contributed by atoms with Crippen molar-refractivity contribution in [2.45, 2.75) is 56.8 Å². The van der Waals surface area contributed by atoms with E-state index >= 15 is 0 Å². The lowest BCUT2D eigenvalue weighted by atomic mass is 9.48. The average molecular weight is 536 g/mol. The van der Waals surface area contributed by atoms with Gasteiger partial charge in [-0.15, -0.1) is 0 Å². The van der Waals surface area contributed by atoms with Crippen LogP contribution in [0.4, 0.5) is 11.4 Å². The van der Waals surface area contributed by atoms with Crippen LogP contribution in [0.15, 0.2) is 48.5 Å². The van der Waals surface area contributed by atoms with E-state index in [0.29, 0.717) is 30.0 Å². The van der Waals surface area contributed by atoms with Gasteiger partial charge in [0.25, 0.3) is 5.91 Å². The van der Waals surface area contributed by atoms with E-state index in [1.165, 1.54) is 44.1 Å². The predicted molar refractivity (Wildman–Crippen MR) is 149 cm³/mol. The maximum absolute atomic E-state index is 13.1. The topological polar surface area (TPSA) is 86.8 Å². The van der Waals surface area contributed by atoms with E-state index < -0.39 is 15.9 Å². The highest BCUT2D eigenvalue weighted by Crippen LogP contribution is 2.60. The minimum Gasteiger partial charge on any atom is -0.339 e. The van der Waals surface area contributed by atoms with Crippen molar-refractivity contribution in [1.82, 2.24) is 4.90 Å². The van der Waals surface area contributed by atoms with Crippen LogP contribution in [0.5, 0.6) is 0 Å². The van der Waals surface area contributed by atoms with Gasteiger partial charge in [-0.05, 0) is 104 Å². The summed E-state index contributed by atoms with van der Waals surface area (Å²) in [5.74, 6) is 1.90. The molecule has 202 valence electrons. The molecule has 7 rings (SSSR count). The summed E-state index contributed by atoms with van der Waals surface area (Å²) in [5, 5.41) is 2.80. The zero-order valence-electron chi connectivity index (χ0n) is 22.1. The molecule has 4 saturated carbocycles. The van der Waals surface area contributed by atoms with Crippen molar-refractivity contribution in [1.29, 1.82) is 0 Å². The van der Waals surface area contributed by atoms with E-state index in [1.54, 1.807) is 29.2 Å². The Bertz CT molecular complexity index is 1300. The van der Waals surface area contributed by atoms with Gasteiger partial charge in [-0.3, -0.25) is 13.9 Å². The van der Waals surface area contributed by atoms with Gasteiger partial charge < -0.3 is 10.2 Å². The van der Waals surface area contributed by atoms with Crippen LogP contribution in [0, 0.1) is 17.8 Å². The highest BCUT2D eigenvalue weighted by Gasteiger charge is 2.51. The van der Waals surface area contributed by atoms with Gasteiger partial charge in [0.2, 0.25) is 15.9 Å². The van der Waals surface area contributed by atoms with Crippen LogP contribution in [0.1, 0.15) is 67.3 Å². The first kappa shape index (κ1) is 25.4. The highest BCUT2D eigenvalue weighted by molar-refractivity contribution is 7.92. The van der Waals surface area contributed by atoms with Crippen LogP contribution in [-0.2, 0) is 20.2 Å². The Morgan fingerprint density at radius 3 is 2.08 bits per heavy atom. The van der Waals surface area contributed by atoms with Crippen LogP contribution < -0.4 is 9.62 Å². The third-order valence-electron chi connectivity index (χ3n) is 9.32. The second-order valence-electron chi connectivity index (χ2n) is 12.1. The molecule has 0 radical (unpaired) electrons. The first-order valence-electron chi connectivity index (χ1n) is 14.0. The molecule has 4 bridgehead atoms. The molecule has 7 nitrogen and oxygen atoms in total. The molecule has 1 saturated heterocycles. The van der Waals surface area contributed by atoms with Crippen LogP contribution in [0.2, 0.25) is 0 Å². The maximum atomic E-state index is 13.1. The van der Waals surface area contributed by atoms with E-state index in [0.717, 1.165) is 41.2 Å². The fourth-order valence-electron chi connectivity index (χ4n) is 8.03. The predicted octanol–water partition coefficient (Wildman–Crippen LogP) is 4.80. The number of hydrogen-bond acceptors (Lipinski definition) is 4. The van der Waals surface area contributed by atoms with E-state index in [9.17, 15) is 18.0 Å². The second-order valence-corrected chi connectivity index (χ2v) is 14.0. The SMILES string of the molecule is CS(=O)(=O)N(CC(=O)Nc1ccccc1C(=O)N1CCCC1)c1ccc(C23CC4CC(CC(C4)C2)C3)cc1. The minimum absolute atomic E-state index is 0.112. The lowest BCUT2D eigenvalue weighted by Crippen LogP contribution is -2.48. The number of anilines is 2. The number of benzene rings is 2. The van der Waals surface area contributed by atoms with Gasteiger partial charge in [0, 0.05) is 13.1 Å². The lowest BCUT2D eigenvalue weighted by Gasteiger charge is -2.57. The summed E-state index contributed by atoms with van der Waals surface area (Å²) in [6.07, 6.45) is 10.9. The first-order valence-corrected chi connectivity index (χ1v) is 15.8.